The van der Waals surface area contributed by atoms with Crippen molar-refractivity contribution in [2.24, 2.45) is 0 Å². The summed E-state index contributed by atoms with van der Waals surface area (Å²) in [5.74, 6) is 0.491. The molecule has 0 radical (unpaired) electrons. The van der Waals surface area contributed by atoms with E-state index < -0.39 is 0 Å². The molecule has 20 heavy (non-hydrogen) atoms. The van der Waals surface area contributed by atoms with Gasteiger partial charge in [0.15, 0.2) is 0 Å². The van der Waals surface area contributed by atoms with Crippen molar-refractivity contribution in [1.29, 1.82) is 0 Å². The van der Waals surface area contributed by atoms with E-state index in [1.54, 1.807) is 25.3 Å². The third kappa shape index (κ3) is 2.93. The van der Waals surface area contributed by atoms with E-state index in [1.807, 2.05) is 13.0 Å². The molecule has 0 atom stereocenters. The predicted molar refractivity (Wildman–Crippen MR) is 83.8 cm³/mol. The van der Waals surface area contributed by atoms with Crippen molar-refractivity contribution in [3.05, 3.63) is 39.6 Å². The van der Waals surface area contributed by atoms with E-state index in [0.29, 0.717) is 22.0 Å². The number of hydrogen-bond donors (Lipinski definition) is 2. The second kappa shape index (κ2) is 5.96. The largest absolute Gasteiger partial charge is 0.495 e. The summed E-state index contributed by atoms with van der Waals surface area (Å²) >= 11 is 1.53. The van der Waals surface area contributed by atoms with Gasteiger partial charge in [0, 0.05) is 10.6 Å². The molecule has 1 aromatic heterocycles. The monoisotopic (exact) mass is 290 g/mol. The lowest BCUT2D eigenvalue weighted by molar-refractivity contribution is 0.103. The molecule has 0 aliphatic heterocycles. The van der Waals surface area contributed by atoms with Crippen molar-refractivity contribution >= 4 is 28.6 Å². The summed E-state index contributed by atoms with van der Waals surface area (Å²) in [5, 5.41) is 2.85. The van der Waals surface area contributed by atoms with Crippen LogP contribution in [-0.4, -0.2) is 13.0 Å². The van der Waals surface area contributed by atoms with Crippen molar-refractivity contribution in [2.75, 3.05) is 18.2 Å². The summed E-state index contributed by atoms with van der Waals surface area (Å²) in [5.41, 5.74) is 8.15. The van der Waals surface area contributed by atoms with E-state index in [1.165, 1.54) is 16.2 Å². The van der Waals surface area contributed by atoms with Crippen LogP contribution < -0.4 is 15.8 Å². The van der Waals surface area contributed by atoms with Crippen LogP contribution in [0.4, 0.5) is 11.4 Å². The molecule has 1 aromatic carbocycles. The third-order valence-electron chi connectivity index (χ3n) is 3.05. The Hall–Kier alpha value is -2.01. The quantitative estimate of drug-likeness (QED) is 0.847. The van der Waals surface area contributed by atoms with Crippen molar-refractivity contribution in [3.63, 3.8) is 0 Å². The van der Waals surface area contributed by atoms with Crippen LogP contribution in [0.15, 0.2) is 24.3 Å². The summed E-state index contributed by atoms with van der Waals surface area (Å²) in [4.78, 5) is 14.1. The molecular weight excluding hydrogens is 272 g/mol. The molecule has 0 fully saturated rings. The smallest absolute Gasteiger partial charge is 0.265 e. The maximum absolute atomic E-state index is 12.2. The number of aryl methyl sites for hydroxylation is 2. The Bertz CT molecular complexity index is 635. The number of benzene rings is 1. The van der Waals surface area contributed by atoms with Gasteiger partial charge >= 0.3 is 0 Å². The van der Waals surface area contributed by atoms with E-state index in [0.717, 1.165) is 12.0 Å². The number of anilines is 2. The van der Waals surface area contributed by atoms with Gasteiger partial charge in [-0.1, -0.05) is 6.92 Å². The number of nitrogens with one attached hydrogen (secondary N) is 1. The number of rotatable bonds is 4. The van der Waals surface area contributed by atoms with Crippen LogP contribution in [0.1, 0.15) is 27.0 Å². The number of nitrogens with two attached hydrogens (primary N) is 1. The number of hydrogen-bond acceptors (Lipinski definition) is 4. The zero-order chi connectivity index (χ0) is 14.7. The van der Waals surface area contributed by atoms with Crippen molar-refractivity contribution in [1.82, 2.24) is 0 Å². The highest BCUT2D eigenvalue weighted by molar-refractivity contribution is 7.14. The van der Waals surface area contributed by atoms with Crippen LogP contribution in [-0.2, 0) is 6.42 Å². The fourth-order valence-corrected chi connectivity index (χ4v) is 3.00. The van der Waals surface area contributed by atoms with Crippen LogP contribution in [0, 0.1) is 6.92 Å². The molecule has 0 aliphatic carbocycles. The summed E-state index contributed by atoms with van der Waals surface area (Å²) in [6.07, 6.45) is 0.944. The first-order valence-corrected chi connectivity index (χ1v) is 7.21. The number of thiophene rings is 1. The van der Waals surface area contributed by atoms with E-state index in [2.05, 4.69) is 12.2 Å². The van der Waals surface area contributed by atoms with Gasteiger partial charge in [0.25, 0.3) is 5.91 Å². The van der Waals surface area contributed by atoms with E-state index in [4.69, 9.17) is 10.5 Å². The topological polar surface area (TPSA) is 64.3 Å². The van der Waals surface area contributed by atoms with Crippen LogP contribution in [0.3, 0.4) is 0 Å². The third-order valence-corrected chi connectivity index (χ3v) is 4.43. The highest BCUT2D eigenvalue weighted by Crippen LogP contribution is 2.26. The van der Waals surface area contributed by atoms with Gasteiger partial charge in [-0.2, -0.15) is 0 Å². The van der Waals surface area contributed by atoms with Crippen molar-refractivity contribution in [2.45, 2.75) is 20.3 Å². The molecule has 1 amide bonds. The molecule has 106 valence electrons. The zero-order valence-corrected chi connectivity index (χ0v) is 12.6. The average Bonchev–Trinajstić information content (AvgIpc) is 2.80. The Labute approximate surface area is 122 Å². The maximum atomic E-state index is 12.2. The predicted octanol–water partition coefficient (Wildman–Crippen LogP) is 3.46. The minimum absolute atomic E-state index is 0.109. The lowest BCUT2D eigenvalue weighted by atomic mass is 10.2. The Kier molecular flexibility index (Phi) is 4.29. The molecule has 2 aromatic rings. The van der Waals surface area contributed by atoms with Gasteiger partial charge in [0.1, 0.15) is 5.75 Å². The summed E-state index contributed by atoms with van der Waals surface area (Å²) in [7, 11) is 1.56. The van der Waals surface area contributed by atoms with Gasteiger partial charge in [0.2, 0.25) is 0 Å². The molecule has 0 aliphatic rings. The molecule has 0 saturated heterocycles. The number of carbonyl (C=O) groups excluding carboxylic acids is 1. The first-order valence-electron chi connectivity index (χ1n) is 6.39. The Morgan fingerprint density at radius 2 is 2.15 bits per heavy atom. The first kappa shape index (κ1) is 14.4. The Balaban J connectivity index is 2.16. The minimum atomic E-state index is -0.109. The molecule has 0 saturated carbocycles. The summed E-state index contributed by atoms with van der Waals surface area (Å²) in [6.45, 7) is 4.11. The summed E-state index contributed by atoms with van der Waals surface area (Å²) in [6, 6.07) is 7.13. The van der Waals surface area contributed by atoms with Crippen molar-refractivity contribution in [3.8, 4) is 5.75 Å². The highest BCUT2D eigenvalue weighted by atomic mass is 32.1. The number of ether oxygens (including phenoxy) is 1. The fraction of sp³-hybridized carbons (Fsp3) is 0.267. The van der Waals surface area contributed by atoms with E-state index in [-0.39, 0.29) is 5.91 Å². The van der Waals surface area contributed by atoms with Crippen LogP contribution in [0.25, 0.3) is 0 Å². The molecule has 4 nitrogen and oxygen atoms in total. The lowest BCUT2D eigenvalue weighted by Crippen LogP contribution is -2.10. The van der Waals surface area contributed by atoms with Gasteiger partial charge in [-0.15, -0.1) is 11.3 Å². The SMILES string of the molecule is CCc1sc(C(=O)Nc2ccc(OC)c(N)c2)cc1C. The molecule has 2 rings (SSSR count). The Morgan fingerprint density at radius 1 is 1.40 bits per heavy atom. The van der Waals surface area contributed by atoms with Gasteiger partial charge in [-0.3, -0.25) is 4.79 Å². The molecule has 1 heterocycles. The van der Waals surface area contributed by atoms with Gasteiger partial charge in [-0.05, 0) is 43.2 Å². The number of nitrogen functional groups attached to an aromatic ring is 1. The molecule has 0 bridgehead atoms. The fourth-order valence-electron chi connectivity index (χ4n) is 1.99. The Morgan fingerprint density at radius 3 is 2.70 bits per heavy atom. The molecule has 0 spiro atoms. The van der Waals surface area contributed by atoms with Gasteiger partial charge < -0.3 is 15.8 Å². The van der Waals surface area contributed by atoms with E-state index in [9.17, 15) is 4.79 Å². The second-order valence-corrected chi connectivity index (χ2v) is 5.62. The summed E-state index contributed by atoms with van der Waals surface area (Å²) < 4.78 is 5.09. The first-order chi connectivity index (χ1) is 9.55. The van der Waals surface area contributed by atoms with Crippen LogP contribution >= 0.6 is 11.3 Å². The molecule has 3 N–H and O–H groups in total. The highest BCUT2D eigenvalue weighted by Gasteiger charge is 2.12. The molecule has 5 heteroatoms. The molecular formula is C15H18N2O2S. The number of amides is 1. The number of methoxy groups -OCH3 is 1. The van der Waals surface area contributed by atoms with Crippen molar-refractivity contribution < 1.29 is 9.53 Å². The standard InChI is InChI=1S/C15H18N2O2S/c1-4-13-9(2)7-14(20-13)15(18)17-10-5-6-12(19-3)11(16)8-10/h5-8H,4,16H2,1-3H3,(H,17,18). The minimum Gasteiger partial charge on any atom is -0.495 e. The zero-order valence-electron chi connectivity index (χ0n) is 11.8. The normalized spacial score (nSPS) is 10.3. The number of carbonyl (C=O) groups is 1. The van der Waals surface area contributed by atoms with Gasteiger partial charge in [0.05, 0.1) is 17.7 Å². The van der Waals surface area contributed by atoms with Gasteiger partial charge in [-0.25, -0.2) is 0 Å². The average molecular weight is 290 g/mol. The second-order valence-electron chi connectivity index (χ2n) is 4.48. The van der Waals surface area contributed by atoms with E-state index >= 15 is 0 Å². The van der Waals surface area contributed by atoms with Crippen LogP contribution in [0.5, 0.6) is 5.75 Å². The lowest BCUT2D eigenvalue weighted by Gasteiger charge is -2.08. The van der Waals surface area contributed by atoms with Crippen LogP contribution in [0.2, 0.25) is 0 Å². The molecule has 0 unspecified atom stereocenters. The maximum Gasteiger partial charge on any atom is 0.265 e.